The highest BCUT2D eigenvalue weighted by Gasteiger charge is 2.27. The maximum atomic E-state index is 11.7. The minimum atomic E-state index is -0.637. The smallest absolute Gasteiger partial charge is 0.343 e. The fraction of sp³-hybridized carbons (Fsp3) is 0.455. The zero-order chi connectivity index (χ0) is 13.3. The Morgan fingerprint density at radius 1 is 1.50 bits per heavy atom. The van der Waals surface area contributed by atoms with Gasteiger partial charge in [0, 0.05) is 6.54 Å². The third-order valence-electron chi connectivity index (χ3n) is 2.81. The molecule has 7 heteroatoms. The molecule has 0 aliphatic heterocycles. The van der Waals surface area contributed by atoms with Crippen molar-refractivity contribution < 1.29 is 14.3 Å². The number of rotatable bonds is 5. The van der Waals surface area contributed by atoms with E-state index in [2.05, 4.69) is 10.1 Å². The van der Waals surface area contributed by atoms with Crippen molar-refractivity contribution in [2.24, 2.45) is 11.7 Å². The first-order valence-corrected chi connectivity index (χ1v) is 6.40. The van der Waals surface area contributed by atoms with Gasteiger partial charge in [-0.3, -0.25) is 4.79 Å². The molecule has 0 aromatic carbocycles. The summed E-state index contributed by atoms with van der Waals surface area (Å²) in [5.41, 5.74) is 11.3. The second kappa shape index (κ2) is 4.85. The van der Waals surface area contributed by atoms with Crippen LogP contribution in [0.3, 0.4) is 0 Å². The molecule has 1 saturated carbocycles. The van der Waals surface area contributed by atoms with Crippen molar-refractivity contribution in [1.82, 2.24) is 0 Å². The van der Waals surface area contributed by atoms with Gasteiger partial charge in [-0.2, -0.15) is 0 Å². The number of methoxy groups -OCH3 is 1. The number of nitrogens with one attached hydrogen (secondary N) is 1. The van der Waals surface area contributed by atoms with E-state index in [1.165, 1.54) is 20.0 Å². The highest BCUT2D eigenvalue weighted by molar-refractivity contribution is 7.19. The Morgan fingerprint density at radius 2 is 2.17 bits per heavy atom. The fourth-order valence-corrected chi connectivity index (χ4v) is 2.58. The van der Waals surface area contributed by atoms with Gasteiger partial charge in [0.1, 0.15) is 15.4 Å². The predicted octanol–water partition coefficient (Wildman–Crippen LogP) is 1.04. The molecule has 1 aliphatic rings. The van der Waals surface area contributed by atoms with Crippen LogP contribution in [0.15, 0.2) is 0 Å². The molecule has 0 spiro atoms. The van der Waals surface area contributed by atoms with E-state index in [4.69, 9.17) is 11.5 Å². The predicted molar refractivity (Wildman–Crippen MR) is 69.8 cm³/mol. The molecule has 1 aliphatic carbocycles. The number of nitrogens with two attached hydrogens (primary N) is 2. The number of thiophene rings is 1. The van der Waals surface area contributed by atoms with E-state index in [1.807, 2.05) is 0 Å². The molecule has 0 unspecified atom stereocenters. The molecule has 6 nitrogen and oxygen atoms in total. The lowest BCUT2D eigenvalue weighted by atomic mass is 10.2. The summed E-state index contributed by atoms with van der Waals surface area (Å²) in [7, 11) is 1.27. The Labute approximate surface area is 108 Å². The third-order valence-corrected chi connectivity index (χ3v) is 3.98. The first kappa shape index (κ1) is 12.7. The Bertz CT molecular complexity index is 494. The summed E-state index contributed by atoms with van der Waals surface area (Å²) in [6.07, 6.45) is 2.37. The van der Waals surface area contributed by atoms with Gasteiger partial charge in [-0.05, 0) is 18.8 Å². The number of hydrogen-bond donors (Lipinski definition) is 3. The summed E-state index contributed by atoms with van der Waals surface area (Å²) < 4.78 is 4.67. The van der Waals surface area contributed by atoms with Crippen molar-refractivity contribution in [2.45, 2.75) is 12.8 Å². The molecule has 0 atom stereocenters. The molecule has 1 amide bonds. The average Bonchev–Trinajstić information content (AvgIpc) is 3.09. The van der Waals surface area contributed by atoms with Crippen LogP contribution in [0, 0.1) is 5.92 Å². The van der Waals surface area contributed by atoms with Gasteiger partial charge in [-0.25, -0.2) is 4.79 Å². The van der Waals surface area contributed by atoms with E-state index < -0.39 is 11.9 Å². The summed E-state index contributed by atoms with van der Waals surface area (Å²) in [6.45, 7) is 0.766. The van der Waals surface area contributed by atoms with Crippen LogP contribution in [0.25, 0.3) is 0 Å². The molecule has 1 heterocycles. The second-order valence-corrected chi connectivity index (χ2v) is 5.25. The minimum Gasteiger partial charge on any atom is -0.465 e. The van der Waals surface area contributed by atoms with Gasteiger partial charge >= 0.3 is 5.97 Å². The quantitative estimate of drug-likeness (QED) is 0.692. The van der Waals surface area contributed by atoms with Crippen molar-refractivity contribution >= 4 is 33.9 Å². The van der Waals surface area contributed by atoms with Crippen LogP contribution in [-0.4, -0.2) is 25.5 Å². The van der Waals surface area contributed by atoms with Crippen LogP contribution in [0.2, 0.25) is 0 Å². The molecule has 0 bridgehead atoms. The van der Waals surface area contributed by atoms with Crippen molar-refractivity contribution in [2.75, 3.05) is 24.7 Å². The topological polar surface area (TPSA) is 107 Å². The number of anilines is 2. The molecule has 98 valence electrons. The molecule has 1 fully saturated rings. The molecule has 0 radical (unpaired) electrons. The Hall–Kier alpha value is -1.76. The number of esters is 1. The van der Waals surface area contributed by atoms with Crippen LogP contribution >= 0.6 is 11.3 Å². The van der Waals surface area contributed by atoms with E-state index in [-0.39, 0.29) is 16.1 Å². The summed E-state index contributed by atoms with van der Waals surface area (Å²) >= 11 is 1.10. The van der Waals surface area contributed by atoms with Crippen LogP contribution in [0.4, 0.5) is 10.7 Å². The lowest BCUT2D eigenvalue weighted by molar-refractivity contribution is 0.0603. The van der Waals surface area contributed by atoms with E-state index in [9.17, 15) is 9.59 Å². The molecule has 2 rings (SSSR count). The second-order valence-electron chi connectivity index (χ2n) is 4.23. The molecular weight excluding hydrogens is 254 g/mol. The van der Waals surface area contributed by atoms with Gasteiger partial charge in [0.2, 0.25) is 0 Å². The van der Waals surface area contributed by atoms with Crippen LogP contribution in [0.1, 0.15) is 32.9 Å². The standard InChI is InChI=1S/C11H15N3O3S/c1-17-11(16)6-7(12)8(9(13)15)18-10(6)14-4-5-2-3-5/h5,14H,2-4,12H2,1H3,(H2,13,15). The summed E-state index contributed by atoms with van der Waals surface area (Å²) in [5.74, 6) is -0.562. The van der Waals surface area contributed by atoms with Crippen molar-refractivity contribution in [3.63, 3.8) is 0 Å². The SMILES string of the molecule is COC(=O)c1c(NCC2CC2)sc(C(N)=O)c1N. The summed E-state index contributed by atoms with van der Waals surface area (Å²) in [4.78, 5) is 23.1. The Balaban J connectivity index is 2.31. The molecule has 18 heavy (non-hydrogen) atoms. The summed E-state index contributed by atoms with van der Waals surface area (Å²) in [6, 6.07) is 0. The zero-order valence-electron chi connectivity index (χ0n) is 9.99. The zero-order valence-corrected chi connectivity index (χ0v) is 10.8. The molecular formula is C11H15N3O3S. The van der Waals surface area contributed by atoms with E-state index in [0.717, 1.165) is 17.9 Å². The number of nitrogen functional groups attached to an aromatic ring is 1. The number of amides is 1. The lowest BCUT2D eigenvalue weighted by Gasteiger charge is -2.05. The molecule has 1 aromatic rings. The Kier molecular flexibility index (Phi) is 3.42. The van der Waals surface area contributed by atoms with Gasteiger partial charge in [-0.15, -0.1) is 11.3 Å². The molecule has 1 aromatic heterocycles. The fourth-order valence-electron chi connectivity index (χ4n) is 1.62. The molecule has 0 saturated heterocycles. The van der Waals surface area contributed by atoms with Crippen LogP contribution < -0.4 is 16.8 Å². The van der Waals surface area contributed by atoms with Gasteiger partial charge in [0.25, 0.3) is 5.91 Å². The lowest BCUT2D eigenvalue weighted by Crippen LogP contribution is -2.13. The van der Waals surface area contributed by atoms with Gasteiger partial charge in [-0.1, -0.05) is 0 Å². The first-order chi connectivity index (χ1) is 8.54. The molecule has 5 N–H and O–H groups in total. The Morgan fingerprint density at radius 3 is 2.67 bits per heavy atom. The maximum Gasteiger partial charge on any atom is 0.343 e. The van der Waals surface area contributed by atoms with Crippen molar-refractivity contribution in [3.8, 4) is 0 Å². The highest BCUT2D eigenvalue weighted by atomic mass is 32.1. The normalized spacial score (nSPS) is 14.3. The number of carbonyl (C=O) groups is 2. The van der Waals surface area contributed by atoms with Gasteiger partial charge < -0.3 is 21.5 Å². The monoisotopic (exact) mass is 269 g/mol. The van der Waals surface area contributed by atoms with Crippen LogP contribution in [0.5, 0.6) is 0 Å². The highest BCUT2D eigenvalue weighted by Crippen LogP contribution is 2.37. The first-order valence-electron chi connectivity index (χ1n) is 5.58. The maximum absolute atomic E-state index is 11.7. The minimum absolute atomic E-state index is 0.0950. The average molecular weight is 269 g/mol. The van der Waals surface area contributed by atoms with Gasteiger partial charge in [0.05, 0.1) is 12.8 Å². The van der Waals surface area contributed by atoms with Crippen molar-refractivity contribution in [1.29, 1.82) is 0 Å². The number of carbonyl (C=O) groups excluding carboxylic acids is 2. The summed E-state index contributed by atoms with van der Waals surface area (Å²) in [5, 5.41) is 3.69. The van der Waals surface area contributed by atoms with E-state index >= 15 is 0 Å². The number of ether oxygens (including phenoxy) is 1. The number of primary amides is 1. The largest absolute Gasteiger partial charge is 0.465 e. The number of hydrogen-bond acceptors (Lipinski definition) is 6. The van der Waals surface area contributed by atoms with E-state index in [1.54, 1.807) is 0 Å². The van der Waals surface area contributed by atoms with Gasteiger partial charge in [0.15, 0.2) is 0 Å². The van der Waals surface area contributed by atoms with Crippen molar-refractivity contribution in [3.05, 3.63) is 10.4 Å². The van der Waals surface area contributed by atoms with Crippen LogP contribution in [-0.2, 0) is 4.74 Å². The third kappa shape index (κ3) is 2.40. The van der Waals surface area contributed by atoms with E-state index in [0.29, 0.717) is 10.9 Å².